The molecule has 0 aliphatic heterocycles. The van der Waals surface area contributed by atoms with Crippen LogP contribution in [0.15, 0.2) is 36.8 Å². The number of nitrogens with zero attached hydrogens (tertiary/aromatic N) is 2. The molecule has 0 saturated carbocycles. The van der Waals surface area contributed by atoms with Gasteiger partial charge in [-0.1, -0.05) is 0 Å². The van der Waals surface area contributed by atoms with Crippen molar-refractivity contribution in [1.82, 2.24) is 9.97 Å². The van der Waals surface area contributed by atoms with E-state index in [0.29, 0.717) is 0 Å². The SMILES string of the molecule is CO[C@H]1CCc2nccc(-c3ccncc3)c2[C@H]1OC. The fourth-order valence-corrected chi connectivity index (χ4v) is 2.94. The van der Waals surface area contributed by atoms with Gasteiger partial charge in [-0.3, -0.25) is 9.97 Å². The van der Waals surface area contributed by atoms with Crippen LogP contribution >= 0.6 is 0 Å². The molecule has 0 amide bonds. The Bertz CT molecular complexity index is 586. The van der Waals surface area contributed by atoms with Gasteiger partial charge in [0.2, 0.25) is 0 Å². The molecule has 104 valence electrons. The third-order valence-corrected chi connectivity index (χ3v) is 3.91. The summed E-state index contributed by atoms with van der Waals surface area (Å²) in [6, 6.07) is 6.07. The van der Waals surface area contributed by atoms with E-state index in [2.05, 4.69) is 9.97 Å². The number of ether oxygens (including phenoxy) is 2. The Morgan fingerprint density at radius 2 is 1.85 bits per heavy atom. The zero-order chi connectivity index (χ0) is 13.9. The molecular formula is C16H18N2O2. The van der Waals surface area contributed by atoms with Crippen molar-refractivity contribution in [2.45, 2.75) is 25.0 Å². The van der Waals surface area contributed by atoms with Gasteiger partial charge in [-0.15, -0.1) is 0 Å². The summed E-state index contributed by atoms with van der Waals surface area (Å²) in [4.78, 5) is 8.60. The summed E-state index contributed by atoms with van der Waals surface area (Å²) >= 11 is 0. The van der Waals surface area contributed by atoms with E-state index in [-0.39, 0.29) is 12.2 Å². The van der Waals surface area contributed by atoms with E-state index >= 15 is 0 Å². The predicted molar refractivity (Wildman–Crippen MR) is 76.3 cm³/mol. The third-order valence-electron chi connectivity index (χ3n) is 3.91. The Morgan fingerprint density at radius 1 is 1.05 bits per heavy atom. The Kier molecular flexibility index (Phi) is 3.76. The van der Waals surface area contributed by atoms with E-state index in [0.717, 1.165) is 35.2 Å². The number of hydrogen-bond donors (Lipinski definition) is 0. The van der Waals surface area contributed by atoms with Gasteiger partial charge < -0.3 is 9.47 Å². The van der Waals surface area contributed by atoms with Gasteiger partial charge in [-0.25, -0.2) is 0 Å². The second-order valence-electron chi connectivity index (χ2n) is 4.92. The molecule has 0 N–H and O–H groups in total. The average molecular weight is 270 g/mol. The first-order valence-electron chi connectivity index (χ1n) is 6.79. The fraction of sp³-hybridized carbons (Fsp3) is 0.375. The highest BCUT2D eigenvalue weighted by Gasteiger charge is 2.32. The molecule has 2 atom stereocenters. The molecule has 4 nitrogen and oxygen atoms in total. The normalized spacial score (nSPS) is 21.5. The monoisotopic (exact) mass is 270 g/mol. The Hall–Kier alpha value is -1.78. The second-order valence-corrected chi connectivity index (χ2v) is 4.92. The quantitative estimate of drug-likeness (QED) is 0.860. The van der Waals surface area contributed by atoms with Crippen LogP contribution in [0, 0.1) is 0 Å². The van der Waals surface area contributed by atoms with Crippen LogP contribution in [0.5, 0.6) is 0 Å². The van der Waals surface area contributed by atoms with E-state index in [4.69, 9.17) is 9.47 Å². The molecule has 0 saturated heterocycles. The van der Waals surface area contributed by atoms with E-state index in [1.807, 2.05) is 24.4 Å². The molecule has 0 spiro atoms. The molecule has 1 aliphatic carbocycles. The summed E-state index contributed by atoms with van der Waals surface area (Å²) < 4.78 is 11.3. The van der Waals surface area contributed by atoms with Crippen molar-refractivity contribution < 1.29 is 9.47 Å². The molecule has 2 aromatic heterocycles. The van der Waals surface area contributed by atoms with Crippen LogP contribution in [0.3, 0.4) is 0 Å². The molecule has 0 unspecified atom stereocenters. The molecule has 0 fully saturated rings. The lowest BCUT2D eigenvalue weighted by molar-refractivity contribution is -0.0472. The van der Waals surface area contributed by atoms with Crippen molar-refractivity contribution in [2.24, 2.45) is 0 Å². The van der Waals surface area contributed by atoms with Crippen LogP contribution in [-0.2, 0) is 15.9 Å². The maximum Gasteiger partial charge on any atom is 0.111 e. The zero-order valence-corrected chi connectivity index (χ0v) is 11.7. The fourth-order valence-electron chi connectivity index (χ4n) is 2.94. The molecule has 0 radical (unpaired) electrons. The molecule has 1 aliphatic rings. The topological polar surface area (TPSA) is 44.2 Å². The van der Waals surface area contributed by atoms with Gasteiger partial charge in [0.15, 0.2) is 0 Å². The van der Waals surface area contributed by atoms with Crippen LogP contribution in [0.4, 0.5) is 0 Å². The van der Waals surface area contributed by atoms with Gasteiger partial charge in [0.25, 0.3) is 0 Å². The van der Waals surface area contributed by atoms with Gasteiger partial charge in [0, 0.05) is 44.1 Å². The van der Waals surface area contributed by atoms with Gasteiger partial charge in [-0.05, 0) is 42.2 Å². The molecular weight excluding hydrogens is 252 g/mol. The average Bonchev–Trinajstić information content (AvgIpc) is 2.53. The lowest BCUT2D eigenvalue weighted by Crippen LogP contribution is -2.29. The number of rotatable bonds is 3. The predicted octanol–water partition coefficient (Wildman–Crippen LogP) is 2.79. The first-order valence-corrected chi connectivity index (χ1v) is 6.79. The number of aryl methyl sites for hydroxylation is 1. The number of fused-ring (bicyclic) bond motifs is 1. The molecule has 2 heterocycles. The summed E-state index contributed by atoms with van der Waals surface area (Å²) in [5.41, 5.74) is 4.56. The molecule has 0 bridgehead atoms. The minimum atomic E-state index is -0.0689. The Balaban J connectivity index is 2.14. The highest BCUT2D eigenvalue weighted by atomic mass is 16.5. The van der Waals surface area contributed by atoms with Crippen molar-refractivity contribution >= 4 is 0 Å². The minimum Gasteiger partial charge on any atom is -0.378 e. The third kappa shape index (κ3) is 2.21. The summed E-state index contributed by atoms with van der Waals surface area (Å²) in [6.45, 7) is 0. The molecule has 20 heavy (non-hydrogen) atoms. The molecule has 3 rings (SSSR count). The lowest BCUT2D eigenvalue weighted by atomic mass is 9.85. The second kappa shape index (κ2) is 5.69. The van der Waals surface area contributed by atoms with Crippen molar-refractivity contribution in [3.05, 3.63) is 48.0 Å². The molecule has 4 heteroatoms. The zero-order valence-electron chi connectivity index (χ0n) is 11.7. The van der Waals surface area contributed by atoms with Crippen LogP contribution in [0.1, 0.15) is 23.8 Å². The Morgan fingerprint density at radius 3 is 2.55 bits per heavy atom. The first kappa shape index (κ1) is 13.2. The number of hydrogen-bond acceptors (Lipinski definition) is 4. The van der Waals surface area contributed by atoms with Crippen molar-refractivity contribution in [2.75, 3.05) is 14.2 Å². The summed E-state index contributed by atoms with van der Waals surface area (Å²) in [5, 5.41) is 0. The Labute approximate surface area is 118 Å². The molecule has 2 aromatic rings. The van der Waals surface area contributed by atoms with Crippen molar-refractivity contribution in [3.63, 3.8) is 0 Å². The maximum absolute atomic E-state index is 5.70. The standard InChI is InChI=1S/C16H18N2O2/c1-19-14-4-3-13-15(16(14)20-2)12(7-10-18-13)11-5-8-17-9-6-11/h5-10,14,16H,3-4H2,1-2H3/t14-,16-/m0/s1. The van der Waals surface area contributed by atoms with Gasteiger partial charge in [0.1, 0.15) is 6.10 Å². The highest BCUT2D eigenvalue weighted by Crippen LogP contribution is 2.39. The lowest BCUT2D eigenvalue weighted by Gasteiger charge is -2.32. The number of pyridine rings is 2. The van der Waals surface area contributed by atoms with Gasteiger partial charge in [-0.2, -0.15) is 0 Å². The molecule has 0 aromatic carbocycles. The van der Waals surface area contributed by atoms with E-state index in [1.54, 1.807) is 26.6 Å². The van der Waals surface area contributed by atoms with Crippen LogP contribution in [-0.4, -0.2) is 30.3 Å². The summed E-state index contributed by atoms with van der Waals surface area (Å²) in [5.74, 6) is 0. The van der Waals surface area contributed by atoms with E-state index in [9.17, 15) is 0 Å². The maximum atomic E-state index is 5.70. The summed E-state index contributed by atoms with van der Waals surface area (Å²) in [6.07, 6.45) is 7.36. The van der Waals surface area contributed by atoms with E-state index < -0.39 is 0 Å². The largest absolute Gasteiger partial charge is 0.378 e. The smallest absolute Gasteiger partial charge is 0.111 e. The first-order chi connectivity index (χ1) is 9.85. The van der Waals surface area contributed by atoms with Crippen LogP contribution < -0.4 is 0 Å². The van der Waals surface area contributed by atoms with Gasteiger partial charge >= 0.3 is 0 Å². The highest BCUT2D eigenvalue weighted by molar-refractivity contribution is 5.68. The number of methoxy groups -OCH3 is 2. The summed E-state index contributed by atoms with van der Waals surface area (Å²) in [7, 11) is 3.47. The minimum absolute atomic E-state index is 0.0689. The van der Waals surface area contributed by atoms with Crippen molar-refractivity contribution in [1.29, 1.82) is 0 Å². The van der Waals surface area contributed by atoms with Crippen molar-refractivity contribution in [3.8, 4) is 11.1 Å². The van der Waals surface area contributed by atoms with Gasteiger partial charge in [0.05, 0.1) is 6.10 Å². The number of aromatic nitrogens is 2. The van der Waals surface area contributed by atoms with E-state index in [1.165, 1.54) is 0 Å². The van der Waals surface area contributed by atoms with Crippen LogP contribution in [0.2, 0.25) is 0 Å². The van der Waals surface area contributed by atoms with Crippen LogP contribution in [0.25, 0.3) is 11.1 Å².